The van der Waals surface area contributed by atoms with Gasteiger partial charge in [0.2, 0.25) is 0 Å². The first-order chi connectivity index (χ1) is 12.5. The van der Waals surface area contributed by atoms with Gasteiger partial charge in [0.1, 0.15) is 0 Å². The Hall–Kier alpha value is -1.79. The van der Waals surface area contributed by atoms with Crippen molar-refractivity contribution in [2.75, 3.05) is 45.7 Å². The molecule has 0 saturated carbocycles. The molecule has 0 fully saturated rings. The quantitative estimate of drug-likeness (QED) is 0.320. The van der Waals surface area contributed by atoms with Gasteiger partial charge in [0.15, 0.2) is 5.96 Å². The molecule has 0 aliphatic carbocycles. The molecule has 26 heavy (non-hydrogen) atoms. The van der Waals surface area contributed by atoms with Crippen LogP contribution < -0.4 is 16.0 Å². The van der Waals surface area contributed by atoms with Crippen molar-refractivity contribution < 1.29 is 4.74 Å². The molecule has 0 radical (unpaired) electrons. The fourth-order valence-corrected chi connectivity index (χ4v) is 2.86. The summed E-state index contributed by atoms with van der Waals surface area (Å²) in [5.41, 5.74) is 2.33. The summed E-state index contributed by atoms with van der Waals surface area (Å²) in [7, 11) is 3.52. The van der Waals surface area contributed by atoms with Crippen LogP contribution in [0.15, 0.2) is 29.3 Å². The molecule has 6 nitrogen and oxygen atoms in total. The third kappa shape index (κ3) is 8.54. The molecule has 0 spiro atoms. The summed E-state index contributed by atoms with van der Waals surface area (Å²) in [6.07, 6.45) is 0. The topological polar surface area (TPSA) is 60.9 Å². The first-order valence-electron chi connectivity index (χ1n) is 9.50. The second kappa shape index (κ2) is 12.5. The summed E-state index contributed by atoms with van der Waals surface area (Å²) >= 11 is 0. The minimum Gasteiger partial charge on any atom is -0.383 e. The summed E-state index contributed by atoms with van der Waals surface area (Å²) in [6, 6.07) is 9.51. The average molecular weight is 364 g/mol. The molecule has 1 aromatic rings. The van der Waals surface area contributed by atoms with Crippen molar-refractivity contribution in [2.24, 2.45) is 4.99 Å². The van der Waals surface area contributed by atoms with Gasteiger partial charge in [-0.15, -0.1) is 0 Å². The first kappa shape index (κ1) is 22.3. The number of nitrogens with one attached hydrogen (secondary N) is 3. The van der Waals surface area contributed by atoms with Crippen molar-refractivity contribution in [2.45, 2.75) is 46.3 Å². The van der Waals surface area contributed by atoms with Gasteiger partial charge in [-0.05, 0) is 45.4 Å². The van der Waals surface area contributed by atoms with Gasteiger partial charge in [-0.25, -0.2) is 0 Å². The molecular formula is C20H37N5O. The summed E-state index contributed by atoms with van der Waals surface area (Å²) in [5.74, 6) is 0.833. The molecule has 3 N–H and O–H groups in total. The summed E-state index contributed by atoms with van der Waals surface area (Å²) < 4.78 is 5.04. The van der Waals surface area contributed by atoms with Crippen molar-refractivity contribution >= 4 is 11.6 Å². The van der Waals surface area contributed by atoms with Gasteiger partial charge in [-0.3, -0.25) is 9.89 Å². The van der Waals surface area contributed by atoms with Crippen LogP contribution in [-0.2, 0) is 11.3 Å². The highest BCUT2D eigenvalue weighted by Gasteiger charge is 2.12. The molecule has 148 valence electrons. The third-order valence-electron chi connectivity index (χ3n) is 4.26. The zero-order valence-electron chi connectivity index (χ0n) is 17.3. The van der Waals surface area contributed by atoms with Gasteiger partial charge in [0, 0.05) is 58.1 Å². The molecular weight excluding hydrogens is 326 g/mol. The molecule has 0 aliphatic rings. The number of rotatable bonds is 11. The van der Waals surface area contributed by atoms with Gasteiger partial charge in [-0.1, -0.05) is 12.1 Å². The zero-order valence-corrected chi connectivity index (χ0v) is 17.3. The molecule has 0 aliphatic heterocycles. The van der Waals surface area contributed by atoms with Crippen LogP contribution in [-0.4, -0.2) is 63.3 Å². The van der Waals surface area contributed by atoms with E-state index in [9.17, 15) is 0 Å². The van der Waals surface area contributed by atoms with Gasteiger partial charge in [-0.2, -0.15) is 0 Å². The van der Waals surface area contributed by atoms with Crippen molar-refractivity contribution in [3.05, 3.63) is 29.8 Å². The van der Waals surface area contributed by atoms with Gasteiger partial charge in [0.05, 0.1) is 6.61 Å². The number of guanidine groups is 1. The lowest BCUT2D eigenvalue weighted by Crippen LogP contribution is -2.45. The van der Waals surface area contributed by atoms with Crippen molar-refractivity contribution in [3.63, 3.8) is 0 Å². The van der Waals surface area contributed by atoms with Gasteiger partial charge in [0.25, 0.3) is 0 Å². The van der Waals surface area contributed by atoms with Crippen molar-refractivity contribution in [1.82, 2.24) is 15.5 Å². The third-order valence-corrected chi connectivity index (χ3v) is 4.26. The number of benzene rings is 1. The van der Waals surface area contributed by atoms with Crippen LogP contribution in [0.3, 0.4) is 0 Å². The second-order valence-electron chi connectivity index (χ2n) is 6.89. The normalized spacial score (nSPS) is 12.1. The lowest BCUT2D eigenvalue weighted by molar-refractivity contribution is 0.178. The molecule has 0 amide bonds. The number of hydrogen-bond acceptors (Lipinski definition) is 4. The Bertz CT molecular complexity index is 505. The molecule has 0 bridgehead atoms. The number of ether oxygens (including phenoxy) is 1. The molecule has 0 saturated heterocycles. The van der Waals surface area contributed by atoms with Crippen LogP contribution in [0.1, 0.15) is 33.3 Å². The van der Waals surface area contributed by atoms with E-state index in [1.165, 1.54) is 5.56 Å². The van der Waals surface area contributed by atoms with Crippen LogP contribution in [0.4, 0.5) is 5.69 Å². The van der Waals surface area contributed by atoms with Crippen LogP contribution in [0.2, 0.25) is 0 Å². The van der Waals surface area contributed by atoms with E-state index >= 15 is 0 Å². The second-order valence-corrected chi connectivity index (χ2v) is 6.89. The predicted molar refractivity (Wildman–Crippen MR) is 112 cm³/mol. The lowest BCUT2D eigenvalue weighted by Gasteiger charge is -2.30. The van der Waals surface area contributed by atoms with Crippen LogP contribution in [0, 0.1) is 0 Å². The Morgan fingerprint density at radius 1 is 1.04 bits per heavy atom. The van der Waals surface area contributed by atoms with E-state index in [0.717, 1.165) is 37.8 Å². The maximum Gasteiger partial charge on any atom is 0.191 e. The van der Waals surface area contributed by atoms with Gasteiger partial charge < -0.3 is 20.7 Å². The fourth-order valence-electron chi connectivity index (χ4n) is 2.86. The highest BCUT2D eigenvalue weighted by molar-refractivity contribution is 5.79. The lowest BCUT2D eigenvalue weighted by atomic mass is 10.2. The Morgan fingerprint density at radius 3 is 2.23 bits per heavy atom. The summed E-state index contributed by atoms with van der Waals surface area (Å²) in [6.45, 7) is 13.1. The maximum absolute atomic E-state index is 5.04. The number of anilines is 1. The number of methoxy groups -OCH3 is 1. The van der Waals surface area contributed by atoms with Crippen LogP contribution in [0.25, 0.3) is 0 Å². The van der Waals surface area contributed by atoms with E-state index in [1.54, 1.807) is 14.2 Å². The minimum atomic E-state index is 0.544. The Balaban J connectivity index is 2.37. The molecule has 0 unspecified atom stereocenters. The SMILES string of the molecule is CN=C(NCCN(C(C)C)C(C)C)NCc1ccc(NCCOC)cc1. The van der Waals surface area contributed by atoms with Gasteiger partial charge >= 0.3 is 0 Å². The van der Waals surface area contributed by atoms with E-state index in [0.29, 0.717) is 18.7 Å². The number of aliphatic imine (C=N–C) groups is 1. The largest absolute Gasteiger partial charge is 0.383 e. The minimum absolute atomic E-state index is 0.544. The van der Waals surface area contributed by atoms with Crippen LogP contribution >= 0.6 is 0 Å². The highest BCUT2D eigenvalue weighted by atomic mass is 16.5. The van der Waals surface area contributed by atoms with E-state index < -0.39 is 0 Å². The molecule has 0 atom stereocenters. The first-order valence-corrected chi connectivity index (χ1v) is 9.50. The van der Waals surface area contributed by atoms with E-state index in [1.807, 2.05) is 0 Å². The highest BCUT2D eigenvalue weighted by Crippen LogP contribution is 2.09. The molecule has 6 heteroatoms. The zero-order chi connectivity index (χ0) is 19.4. The fraction of sp³-hybridized carbons (Fsp3) is 0.650. The number of nitrogens with zero attached hydrogens (tertiary/aromatic N) is 2. The smallest absolute Gasteiger partial charge is 0.191 e. The van der Waals surface area contributed by atoms with E-state index in [2.05, 4.69) is 77.8 Å². The van der Waals surface area contributed by atoms with Crippen molar-refractivity contribution in [1.29, 1.82) is 0 Å². The number of hydrogen-bond donors (Lipinski definition) is 3. The Morgan fingerprint density at radius 2 is 1.69 bits per heavy atom. The standard InChI is InChI=1S/C20H37N5O/c1-16(2)25(17(3)4)13-11-23-20(21-5)24-15-18-7-9-19(10-8-18)22-12-14-26-6/h7-10,16-17,22H,11-15H2,1-6H3,(H2,21,23,24). The van der Waals surface area contributed by atoms with Crippen molar-refractivity contribution in [3.8, 4) is 0 Å². The summed E-state index contributed by atoms with van der Waals surface area (Å²) in [5, 5.41) is 10.1. The predicted octanol–water partition coefficient (Wildman–Crippen LogP) is 2.53. The Kier molecular flexibility index (Phi) is 10.7. The Labute approximate surface area is 159 Å². The monoisotopic (exact) mass is 363 g/mol. The molecule has 1 aromatic carbocycles. The molecule has 0 heterocycles. The van der Waals surface area contributed by atoms with E-state index in [-0.39, 0.29) is 0 Å². The van der Waals surface area contributed by atoms with E-state index in [4.69, 9.17) is 4.74 Å². The average Bonchev–Trinajstić information content (AvgIpc) is 2.61. The maximum atomic E-state index is 5.04. The molecule has 1 rings (SSSR count). The van der Waals surface area contributed by atoms with Crippen LogP contribution in [0.5, 0.6) is 0 Å². The summed E-state index contributed by atoms with van der Waals surface area (Å²) in [4.78, 5) is 6.77. The molecule has 0 aromatic heterocycles.